The van der Waals surface area contributed by atoms with Crippen LogP contribution in [0.1, 0.15) is 32.1 Å². The minimum absolute atomic E-state index is 0.187. The first-order valence-electron chi connectivity index (χ1n) is 8.19. The summed E-state index contributed by atoms with van der Waals surface area (Å²) in [5.41, 5.74) is 1.82. The molecule has 120 valence electrons. The number of fused-ring (bicyclic) bond motifs is 3. The SMILES string of the molecule is O=P1(NC2CCCCC2)Oc2ccccc2-c2ccccc2O1. The zero-order valence-electron chi connectivity index (χ0n) is 12.9. The van der Waals surface area contributed by atoms with Gasteiger partial charge in [-0.3, -0.25) is 0 Å². The number of hydrogen-bond donors (Lipinski definition) is 1. The van der Waals surface area contributed by atoms with Crippen LogP contribution in [0.2, 0.25) is 0 Å². The summed E-state index contributed by atoms with van der Waals surface area (Å²) >= 11 is 0. The van der Waals surface area contributed by atoms with E-state index in [1.807, 2.05) is 48.5 Å². The molecule has 0 aromatic heterocycles. The highest BCUT2D eigenvalue weighted by Crippen LogP contribution is 2.54. The van der Waals surface area contributed by atoms with Crippen LogP contribution >= 0.6 is 7.75 Å². The lowest BCUT2D eigenvalue weighted by molar-refractivity contribution is 0.340. The second-order valence-corrected chi connectivity index (χ2v) is 7.75. The summed E-state index contributed by atoms with van der Waals surface area (Å²) in [6.07, 6.45) is 5.59. The fraction of sp³-hybridized carbons (Fsp3) is 0.333. The first-order valence-corrected chi connectivity index (χ1v) is 9.73. The summed E-state index contributed by atoms with van der Waals surface area (Å²) in [6.45, 7) is 0. The number of nitrogens with one attached hydrogen (secondary N) is 1. The molecule has 0 saturated heterocycles. The molecule has 1 heterocycles. The highest BCUT2D eigenvalue weighted by molar-refractivity contribution is 7.52. The molecule has 0 spiro atoms. The number of benzene rings is 2. The van der Waals surface area contributed by atoms with Gasteiger partial charge in [0, 0.05) is 17.2 Å². The van der Waals surface area contributed by atoms with Crippen molar-refractivity contribution in [1.82, 2.24) is 5.09 Å². The van der Waals surface area contributed by atoms with Crippen LogP contribution in [0.15, 0.2) is 48.5 Å². The van der Waals surface area contributed by atoms with Gasteiger partial charge in [-0.2, -0.15) is 5.09 Å². The number of hydrogen-bond acceptors (Lipinski definition) is 3. The lowest BCUT2D eigenvalue weighted by Gasteiger charge is -2.27. The van der Waals surface area contributed by atoms with Crippen LogP contribution in [0.5, 0.6) is 11.5 Å². The second kappa shape index (κ2) is 6.03. The fourth-order valence-corrected chi connectivity index (χ4v) is 5.01. The quantitative estimate of drug-likeness (QED) is 0.774. The van der Waals surface area contributed by atoms with Crippen LogP contribution in [0.3, 0.4) is 0 Å². The molecule has 0 amide bonds. The minimum atomic E-state index is -3.44. The average molecular weight is 329 g/mol. The molecule has 5 heteroatoms. The highest BCUT2D eigenvalue weighted by atomic mass is 31.2. The van der Waals surface area contributed by atoms with Gasteiger partial charge in [-0.25, -0.2) is 4.57 Å². The van der Waals surface area contributed by atoms with E-state index in [0.29, 0.717) is 11.5 Å². The Morgan fingerprint density at radius 2 is 1.35 bits per heavy atom. The zero-order chi connectivity index (χ0) is 15.7. The van der Waals surface area contributed by atoms with Crippen LogP contribution in [0.4, 0.5) is 0 Å². The lowest BCUT2D eigenvalue weighted by atomic mass is 9.96. The molecule has 0 bridgehead atoms. The van der Waals surface area contributed by atoms with Gasteiger partial charge in [-0.05, 0) is 25.0 Å². The molecule has 1 fully saturated rings. The smallest absolute Gasteiger partial charge is 0.404 e. The Labute approximate surface area is 136 Å². The van der Waals surface area contributed by atoms with E-state index in [4.69, 9.17) is 9.05 Å². The summed E-state index contributed by atoms with van der Waals surface area (Å²) in [5.74, 6) is 1.20. The Balaban J connectivity index is 1.73. The normalized spacial score (nSPS) is 19.7. The van der Waals surface area contributed by atoms with Gasteiger partial charge in [0.05, 0.1) is 0 Å². The van der Waals surface area contributed by atoms with E-state index in [1.54, 1.807) is 0 Å². The van der Waals surface area contributed by atoms with E-state index in [1.165, 1.54) is 6.42 Å². The minimum Gasteiger partial charge on any atom is -0.404 e. The average Bonchev–Trinajstić information content (AvgIpc) is 2.69. The first-order chi connectivity index (χ1) is 11.2. The molecule has 0 unspecified atom stereocenters. The van der Waals surface area contributed by atoms with Crippen molar-refractivity contribution in [3.05, 3.63) is 48.5 Å². The summed E-state index contributed by atoms with van der Waals surface area (Å²) in [5, 5.41) is 3.17. The molecule has 1 aliphatic heterocycles. The molecule has 1 N–H and O–H groups in total. The fourth-order valence-electron chi connectivity index (χ4n) is 3.32. The maximum atomic E-state index is 13.3. The third kappa shape index (κ3) is 3.01. The van der Waals surface area contributed by atoms with Gasteiger partial charge in [0.2, 0.25) is 0 Å². The predicted octanol–water partition coefficient (Wildman–Crippen LogP) is 5.16. The van der Waals surface area contributed by atoms with Crippen molar-refractivity contribution in [2.75, 3.05) is 0 Å². The van der Waals surface area contributed by atoms with Crippen LogP contribution in [0.25, 0.3) is 11.1 Å². The summed E-state index contributed by atoms with van der Waals surface area (Å²) in [4.78, 5) is 0. The van der Waals surface area contributed by atoms with Gasteiger partial charge in [-0.15, -0.1) is 0 Å². The second-order valence-electron chi connectivity index (χ2n) is 6.14. The Morgan fingerprint density at radius 3 is 1.91 bits per heavy atom. The number of para-hydroxylation sites is 2. The van der Waals surface area contributed by atoms with Crippen molar-refractivity contribution in [2.24, 2.45) is 0 Å². The lowest BCUT2D eigenvalue weighted by Crippen LogP contribution is -2.31. The third-order valence-electron chi connectivity index (χ3n) is 4.45. The third-order valence-corrected chi connectivity index (χ3v) is 6.00. The van der Waals surface area contributed by atoms with Gasteiger partial charge in [0.25, 0.3) is 0 Å². The van der Waals surface area contributed by atoms with Crippen LogP contribution in [-0.2, 0) is 4.57 Å². The van der Waals surface area contributed by atoms with Crippen molar-refractivity contribution in [3.63, 3.8) is 0 Å². The molecule has 0 radical (unpaired) electrons. The molecule has 2 aromatic carbocycles. The van der Waals surface area contributed by atoms with Gasteiger partial charge < -0.3 is 9.05 Å². The van der Waals surface area contributed by atoms with E-state index >= 15 is 0 Å². The molecule has 2 aliphatic rings. The topological polar surface area (TPSA) is 47.6 Å². The summed E-state index contributed by atoms with van der Waals surface area (Å²) in [6, 6.07) is 15.5. The largest absolute Gasteiger partial charge is 0.513 e. The van der Waals surface area contributed by atoms with Crippen molar-refractivity contribution < 1.29 is 13.6 Å². The van der Waals surface area contributed by atoms with E-state index in [-0.39, 0.29) is 6.04 Å². The van der Waals surface area contributed by atoms with Gasteiger partial charge >= 0.3 is 7.75 Å². The molecule has 2 aromatic rings. The van der Waals surface area contributed by atoms with Crippen LogP contribution in [-0.4, -0.2) is 6.04 Å². The molecule has 23 heavy (non-hydrogen) atoms. The Hall–Kier alpha value is -1.77. The van der Waals surface area contributed by atoms with E-state index in [0.717, 1.165) is 36.8 Å². The molecular formula is C18H20NO3P. The van der Waals surface area contributed by atoms with Crippen molar-refractivity contribution in [1.29, 1.82) is 0 Å². The Kier molecular flexibility index (Phi) is 3.88. The Bertz CT molecular complexity index is 704. The first kappa shape index (κ1) is 14.8. The molecule has 4 nitrogen and oxygen atoms in total. The monoisotopic (exact) mass is 329 g/mol. The molecule has 4 rings (SSSR count). The van der Waals surface area contributed by atoms with Crippen LogP contribution < -0.4 is 14.1 Å². The molecular weight excluding hydrogens is 309 g/mol. The summed E-state index contributed by atoms with van der Waals surface area (Å²) < 4.78 is 25.0. The summed E-state index contributed by atoms with van der Waals surface area (Å²) in [7, 11) is -3.44. The van der Waals surface area contributed by atoms with E-state index in [2.05, 4.69) is 5.09 Å². The molecule has 1 saturated carbocycles. The predicted molar refractivity (Wildman–Crippen MR) is 90.7 cm³/mol. The Morgan fingerprint density at radius 1 is 0.826 bits per heavy atom. The van der Waals surface area contributed by atoms with Gasteiger partial charge in [-0.1, -0.05) is 55.7 Å². The highest BCUT2D eigenvalue weighted by Gasteiger charge is 2.36. The van der Waals surface area contributed by atoms with Crippen LogP contribution in [0, 0.1) is 0 Å². The van der Waals surface area contributed by atoms with Crippen molar-refractivity contribution in [3.8, 4) is 22.6 Å². The maximum Gasteiger partial charge on any atom is 0.513 e. The standard InChI is InChI=1S/C18H20NO3P/c20-23(19-14-8-2-1-3-9-14)21-17-12-6-4-10-15(17)16-11-5-7-13-18(16)22-23/h4-7,10-14H,1-3,8-9H2,(H,19,20). The number of rotatable bonds is 2. The van der Waals surface area contributed by atoms with Gasteiger partial charge in [0.1, 0.15) is 11.5 Å². The zero-order valence-corrected chi connectivity index (χ0v) is 13.8. The van der Waals surface area contributed by atoms with Crippen molar-refractivity contribution in [2.45, 2.75) is 38.1 Å². The van der Waals surface area contributed by atoms with E-state index < -0.39 is 7.75 Å². The maximum absolute atomic E-state index is 13.3. The van der Waals surface area contributed by atoms with Gasteiger partial charge in [0.15, 0.2) is 0 Å². The molecule has 1 aliphatic carbocycles. The van der Waals surface area contributed by atoms with E-state index in [9.17, 15) is 4.57 Å². The molecule has 0 atom stereocenters. The van der Waals surface area contributed by atoms with Crippen molar-refractivity contribution >= 4 is 7.75 Å².